The normalized spacial score (nSPS) is 22.6. The highest BCUT2D eigenvalue weighted by Gasteiger charge is 2.30. The molecule has 6 nitrogen and oxygen atoms in total. The van der Waals surface area contributed by atoms with E-state index in [1.807, 2.05) is 37.3 Å². The minimum Gasteiger partial charge on any atom is -0.490 e. The van der Waals surface area contributed by atoms with E-state index in [9.17, 15) is 9.90 Å². The molecule has 0 radical (unpaired) electrons. The number of carboxylic acid groups (broad SMARTS) is 1. The third-order valence-electron chi connectivity index (χ3n) is 4.85. The van der Waals surface area contributed by atoms with Crippen molar-refractivity contribution in [1.29, 1.82) is 0 Å². The first-order chi connectivity index (χ1) is 12.0. The third kappa shape index (κ3) is 4.27. The Balaban J connectivity index is 1.54. The number of aliphatic hydroxyl groups excluding tert-OH is 1. The molecule has 3 rings (SSSR count). The number of benzene rings is 1. The van der Waals surface area contributed by atoms with Gasteiger partial charge in [-0.2, -0.15) is 0 Å². The Bertz CT molecular complexity index is 731. The lowest BCUT2D eigenvalue weighted by Crippen LogP contribution is -2.46. The van der Waals surface area contributed by atoms with Crippen molar-refractivity contribution in [3.8, 4) is 5.75 Å². The summed E-state index contributed by atoms with van der Waals surface area (Å²) in [7, 11) is 0. The number of hydrogen-bond donors (Lipinski definition) is 2. The van der Waals surface area contributed by atoms with Gasteiger partial charge in [-0.1, -0.05) is 6.07 Å². The van der Waals surface area contributed by atoms with E-state index in [0.29, 0.717) is 31.7 Å². The number of rotatable bonds is 6. The Morgan fingerprint density at radius 2 is 2.24 bits per heavy atom. The van der Waals surface area contributed by atoms with Crippen LogP contribution in [0.3, 0.4) is 0 Å². The maximum atomic E-state index is 11.1. The average molecular weight is 344 g/mol. The fraction of sp³-hybridized carbons (Fsp3) is 0.474. The van der Waals surface area contributed by atoms with E-state index in [-0.39, 0.29) is 18.6 Å². The Morgan fingerprint density at radius 3 is 3.00 bits per heavy atom. The van der Waals surface area contributed by atoms with Gasteiger partial charge in [-0.3, -0.25) is 14.7 Å². The third-order valence-corrected chi connectivity index (χ3v) is 4.85. The van der Waals surface area contributed by atoms with E-state index >= 15 is 0 Å². The summed E-state index contributed by atoms with van der Waals surface area (Å²) in [5, 5.41) is 20.4. The second-order valence-corrected chi connectivity index (χ2v) is 6.69. The van der Waals surface area contributed by atoms with Crippen molar-refractivity contribution in [1.82, 2.24) is 9.88 Å². The first-order valence-electron chi connectivity index (χ1n) is 8.66. The van der Waals surface area contributed by atoms with Gasteiger partial charge >= 0.3 is 5.97 Å². The van der Waals surface area contributed by atoms with Crippen LogP contribution in [0.5, 0.6) is 5.75 Å². The molecule has 0 amide bonds. The van der Waals surface area contributed by atoms with Crippen LogP contribution in [0.1, 0.15) is 19.8 Å². The van der Waals surface area contributed by atoms with E-state index < -0.39 is 12.1 Å². The summed E-state index contributed by atoms with van der Waals surface area (Å²) in [5.41, 5.74) is 0.860. The second-order valence-electron chi connectivity index (χ2n) is 6.69. The fourth-order valence-electron chi connectivity index (χ4n) is 3.43. The summed E-state index contributed by atoms with van der Waals surface area (Å²) in [6, 6.07) is 9.63. The van der Waals surface area contributed by atoms with E-state index in [2.05, 4.69) is 9.88 Å². The van der Waals surface area contributed by atoms with Gasteiger partial charge in [0.15, 0.2) is 0 Å². The molecule has 2 aromatic rings. The number of fused-ring (bicyclic) bond motifs is 1. The highest BCUT2D eigenvalue weighted by molar-refractivity contribution is 5.84. The highest BCUT2D eigenvalue weighted by atomic mass is 16.5. The Hall–Kier alpha value is -2.18. The Morgan fingerprint density at radius 1 is 1.40 bits per heavy atom. The van der Waals surface area contributed by atoms with Crippen LogP contribution in [0, 0.1) is 5.92 Å². The molecule has 1 aliphatic heterocycles. The molecule has 0 spiro atoms. The molecule has 6 heteroatoms. The van der Waals surface area contributed by atoms with Crippen molar-refractivity contribution in [2.75, 3.05) is 19.7 Å². The summed E-state index contributed by atoms with van der Waals surface area (Å²) >= 11 is 0. The molecule has 1 fully saturated rings. The Labute approximate surface area is 147 Å². The van der Waals surface area contributed by atoms with E-state index in [4.69, 9.17) is 9.84 Å². The van der Waals surface area contributed by atoms with E-state index in [1.54, 1.807) is 6.20 Å². The SMILES string of the molecule is C[C@@H]1CC(C(=O)O)CCN1CC(O)COc1cccc2ncccc12. The van der Waals surface area contributed by atoms with E-state index in [1.165, 1.54) is 0 Å². The van der Waals surface area contributed by atoms with Crippen molar-refractivity contribution >= 4 is 16.9 Å². The van der Waals surface area contributed by atoms with Crippen LogP contribution in [0.25, 0.3) is 10.9 Å². The number of hydrogen-bond acceptors (Lipinski definition) is 5. The average Bonchev–Trinajstić information content (AvgIpc) is 2.61. The summed E-state index contributed by atoms with van der Waals surface area (Å²) < 4.78 is 5.81. The molecule has 1 aromatic heterocycles. The topological polar surface area (TPSA) is 82.9 Å². The molecule has 0 saturated carbocycles. The van der Waals surface area contributed by atoms with Gasteiger partial charge in [0, 0.05) is 24.2 Å². The number of carbonyl (C=O) groups is 1. The monoisotopic (exact) mass is 344 g/mol. The summed E-state index contributed by atoms with van der Waals surface area (Å²) in [5.74, 6) is -0.287. The predicted molar refractivity (Wildman–Crippen MR) is 94.6 cm³/mol. The van der Waals surface area contributed by atoms with E-state index in [0.717, 1.165) is 10.9 Å². The van der Waals surface area contributed by atoms with Crippen LogP contribution in [0.4, 0.5) is 0 Å². The first kappa shape index (κ1) is 17.6. The lowest BCUT2D eigenvalue weighted by Gasteiger charge is -2.37. The summed E-state index contributed by atoms with van der Waals surface area (Å²) in [4.78, 5) is 17.5. The zero-order chi connectivity index (χ0) is 17.8. The Kier molecular flexibility index (Phi) is 5.50. The number of aliphatic hydroxyl groups is 1. The molecular weight excluding hydrogens is 320 g/mol. The number of aromatic nitrogens is 1. The van der Waals surface area contributed by atoms with Crippen molar-refractivity contribution in [3.63, 3.8) is 0 Å². The van der Waals surface area contributed by atoms with Gasteiger partial charge in [-0.25, -0.2) is 0 Å². The molecule has 3 atom stereocenters. The van der Waals surface area contributed by atoms with Gasteiger partial charge in [-0.15, -0.1) is 0 Å². The highest BCUT2D eigenvalue weighted by Crippen LogP contribution is 2.25. The summed E-state index contributed by atoms with van der Waals surface area (Å²) in [6.07, 6.45) is 2.36. The van der Waals surface area contributed by atoms with Crippen molar-refractivity contribution in [2.45, 2.75) is 31.9 Å². The number of β-amino-alcohol motifs (C(OH)–C–C–N with tert-alkyl or cyclic N) is 1. The standard InChI is InChI=1S/C19H24N2O4/c1-13-10-14(19(23)24)7-9-21(13)11-15(22)12-25-18-6-2-5-17-16(18)4-3-8-20-17/h2-6,8,13-15,22H,7,9-12H2,1H3,(H,23,24)/t13-,14?,15?/m1/s1. The zero-order valence-corrected chi connectivity index (χ0v) is 14.3. The number of likely N-dealkylation sites (tertiary alicyclic amines) is 1. The van der Waals surface area contributed by atoms with Crippen LogP contribution in [-0.4, -0.2) is 57.9 Å². The lowest BCUT2D eigenvalue weighted by molar-refractivity contribution is -0.144. The number of ether oxygens (including phenoxy) is 1. The lowest BCUT2D eigenvalue weighted by atomic mass is 9.91. The predicted octanol–water partition coefficient (Wildman–Crippen LogP) is 2.16. The molecule has 2 unspecified atom stereocenters. The van der Waals surface area contributed by atoms with Gasteiger partial charge in [0.05, 0.1) is 11.4 Å². The molecule has 0 aliphatic carbocycles. The van der Waals surface area contributed by atoms with Crippen LogP contribution >= 0.6 is 0 Å². The second kappa shape index (κ2) is 7.80. The van der Waals surface area contributed by atoms with Crippen LogP contribution in [-0.2, 0) is 4.79 Å². The van der Waals surface area contributed by atoms with Crippen molar-refractivity contribution in [3.05, 3.63) is 36.5 Å². The number of piperidine rings is 1. The molecule has 25 heavy (non-hydrogen) atoms. The van der Waals surface area contributed by atoms with Crippen molar-refractivity contribution < 1.29 is 19.7 Å². The van der Waals surface area contributed by atoms with Crippen molar-refractivity contribution in [2.24, 2.45) is 5.92 Å². The van der Waals surface area contributed by atoms with Gasteiger partial charge in [0.1, 0.15) is 18.5 Å². The summed E-state index contributed by atoms with van der Waals surface area (Å²) in [6.45, 7) is 3.38. The van der Waals surface area contributed by atoms with Gasteiger partial charge < -0.3 is 14.9 Å². The largest absolute Gasteiger partial charge is 0.490 e. The molecule has 0 bridgehead atoms. The van der Waals surface area contributed by atoms with Crippen LogP contribution in [0.15, 0.2) is 36.5 Å². The smallest absolute Gasteiger partial charge is 0.306 e. The fourth-order valence-corrected chi connectivity index (χ4v) is 3.43. The molecule has 1 saturated heterocycles. The molecule has 1 aliphatic rings. The molecular formula is C19H24N2O4. The van der Waals surface area contributed by atoms with Crippen LogP contribution < -0.4 is 4.74 Å². The van der Waals surface area contributed by atoms with Gasteiger partial charge in [-0.05, 0) is 50.6 Å². The number of carboxylic acids is 1. The number of pyridine rings is 1. The van der Waals surface area contributed by atoms with Crippen LogP contribution in [0.2, 0.25) is 0 Å². The molecule has 2 N–H and O–H groups in total. The maximum Gasteiger partial charge on any atom is 0.306 e. The maximum absolute atomic E-state index is 11.1. The van der Waals surface area contributed by atoms with Gasteiger partial charge in [0.2, 0.25) is 0 Å². The number of aliphatic carboxylic acids is 1. The number of nitrogens with zero attached hydrogens (tertiary/aromatic N) is 2. The minimum absolute atomic E-state index is 0.145. The first-order valence-corrected chi connectivity index (χ1v) is 8.66. The van der Waals surface area contributed by atoms with Gasteiger partial charge in [0.25, 0.3) is 0 Å². The quantitative estimate of drug-likeness (QED) is 0.836. The molecule has 134 valence electrons. The zero-order valence-electron chi connectivity index (χ0n) is 14.3. The molecule has 2 heterocycles. The molecule has 1 aromatic carbocycles. The minimum atomic E-state index is -0.722.